The fourth-order valence-corrected chi connectivity index (χ4v) is 3.01. The van der Waals surface area contributed by atoms with Gasteiger partial charge in [-0.15, -0.1) is 0 Å². The third-order valence-corrected chi connectivity index (χ3v) is 4.93. The standard InChI is InChI=1S/C16H14F4N2O4S/c1-26-15(23)22-12-5-2-10(3-6-12)9-21-13-7-4-11(17)8-14(13)27(24,25)16(18,19)20/h2-8,21H,9H2,1H3,(H,22,23). The van der Waals surface area contributed by atoms with Crippen molar-refractivity contribution >= 4 is 27.3 Å². The van der Waals surface area contributed by atoms with Crippen LogP contribution in [0, 0.1) is 5.82 Å². The van der Waals surface area contributed by atoms with Crippen molar-refractivity contribution in [1.29, 1.82) is 0 Å². The predicted molar refractivity (Wildman–Crippen MR) is 89.4 cm³/mol. The van der Waals surface area contributed by atoms with Crippen molar-refractivity contribution in [2.45, 2.75) is 16.9 Å². The van der Waals surface area contributed by atoms with Crippen molar-refractivity contribution in [2.75, 3.05) is 17.7 Å². The largest absolute Gasteiger partial charge is 0.501 e. The van der Waals surface area contributed by atoms with Gasteiger partial charge in [-0.05, 0) is 35.9 Å². The van der Waals surface area contributed by atoms with Gasteiger partial charge < -0.3 is 10.1 Å². The summed E-state index contributed by atoms with van der Waals surface area (Å²) in [6, 6.07) is 8.23. The smallest absolute Gasteiger partial charge is 0.453 e. The van der Waals surface area contributed by atoms with E-state index >= 15 is 0 Å². The summed E-state index contributed by atoms with van der Waals surface area (Å²) in [5.74, 6) is -1.11. The molecule has 11 heteroatoms. The number of nitrogens with one attached hydrogen (secondary N) is 2. The van der Waals surface area contributed by atoms with Gasteiger partial charge >= 0.3 is 11.6 Å². The van der Waals surface area contributed by atoms with Gasteiger partial charge in [0.2, 0.25) is 0 Å². The topological polar surface area (TPSA) is 84.5 Å². The second-order valence-electron chi connectivity index (χ2n) is 5.26. The van der Waals surface area contributed by atoms with Crippen LogP contribution in [-0.2, 0) is 21.1 Å². The third-order valence-electron chi connectivity index (χ3n) is 3.41. The number of benzene rings is 2. The average Bonchev–Trinajstić information content (AvgIpc) is 2.60. The maximum absolute atomic E-state index is 13.3. The Morgan fingerprint density at radius 1 is 1.11 bits per heavy atom. The van der Waals surface area contributed by atoms with Crippen LogP contribution in [0.4, 0.5) is 33.7 Å². The van der Waals surface area contributed by atoms with E-state index in [9.17, 15) is 30.8 Å². The van der Waals surface area contributed by atoms with Gasteiger partial charge in [0, 0.05) is 12.2 Å². The fraction of sp³-hybridized carbons (Fsp3) is 0.188. The molecule has 0 aliphatic heterocycles. The summed E-state index contributed by atoms with van der Waals surface area (Å²) >= 11 is 0. The van der Waals surface area contributed by atoms with Gasteiger partial charge in [0.15, 0.2) is 0 Å². The number of anilines is 2. The Morgan fingerprint density at radius 3 is 2.30 bits per heavy atom. The van der Waals surface area contributed by atoms with E-state index in [0.717, 1.165) is 12.1 Å². The van der Waals surface area contributed by atoms with Crippen LogP contribution in [0.15, 0.2) is 47.4 Å². The van der Waals surface area contributed by atoms with Crippen LogP contribution in [0.25, 0.3) is 0 Å². The molecule has 2 rings (SSSR count). The zero-order chi connectivity index (χ0) is 20.2. The second-order valence-corrected chi connectivity index (χ2v) is 7.17. The lowest BCUT2D eigenvalue weighted by Crippen LogP contribution is -2.24. The highest BCUT2D eigenvalue weighted by atomic mass is 32.2. The number of sulfone groups is 1. The van der Waals surface area contributed by atoms with Crippen LogP contribution in [0.3, 0.4) is 0 Å². The summed E-state index contributed by atoms with van der Waals surface area (Å²) in [7, 11) is -4.52. The van der Waals surface area contributed by atoms with Crippen molar-refractivity contribution in [3.8, 4) is 0 Å². The average molecular weight is 406 g/mol. The van der Waals surface area contributed by atoms with E-state index in [1.165, 1.54) is 19.2 Å². The number of ether oxygens (including phenoxy) is 1. The van der Waals surface area contributed by atoms with Crippen LogP contribution >= 0.6 is 0 Å². The highest BCUT2D eigenvalue weighted by molar-refractivity contribution is 7.92. The number of alkyl halides is 3. The Balaban J connectivity index is 2.20. The number of amides is 1. The summed E-state index contributed by atoms with van der Waals surface area (Å²) in [5, 5.41) is 4.97. The van der Waals surface area contributed by atoms with Gasteiger partial charge in [-0.2, -0.15) is 13.2 Å². The van der Waals surface area contributed by atoms with Gasteiger partial charge in [0.25, 0.3) is 9.84 Å². The quantitative estimate of drug-likeness (QED) is 0.736. The molecule has 146 valence electrons. The summed E-state index contributed by atoms with van der Waals surface area (Å²) in [6.45, 7) is -0.0372. The SMILES string of the molecule is COC(=O)Nc1ccc(CNc2ccc(F)cc2S(=O)(=O)C(F)(F)F)cc1. The minimum atomic E-state index is -5.72. The monoisotopic (exact) mass is 406 g/mol. The normalized spacial score (nSPS) is 11.7. The maximum Gasteiger partial charge on any atom is 0.501 e. The number of rotatable bonds is 5. The first-order valence-electron chi connectivity index (χ1n) is 7.33. The van der Waals surface area contributed by atoms with Crippen molar-refractivity contribution in [1.82, 2.24) is 0 Å². The van der Waals surface area contributed by atoms with Crippen molar-refractivity contribution in [3.63, 3.8) is 0 Å². The highest BCUT2D eigenvalue weighted by Crippen LogP contribution is 2.35. The Bertz CT molecular complexity index is 928. The molecule has 0 atom stereocenters. The second kappa shape index (κ2) is 7.82. The summed E-state index contributed by atoms with van der Waals surface area (Å²) in [6.07, 6.45) is -0.672. The molecule has 2 aromatic rings. The van der Waals surface area contributed by atoms with E-state index in [1.54, 1.807) is 12.1 Å². The molecule has 0 saturated heterocycles. The first kappa shape index (κ1) is 20.5. The number of methoxy groups -OCH3 is 1. The van der Waals surface area contributed by atoms with Crippen molar-refractivity contribution in [3.05, 3.63) is 53.8 Å². The van der Waals surface area contributed by atoms with Crippen LogP contribution in [-0.4, -0.2) is 27.1 Å². The number of hydrogen-bond acceptors (Lipinski definition) is 5. The van der Waals surface area contributed by atoms with Gasteiger partial charge in [-0.1, -0.05) is 12.1 Å². The number of hydrogen-bond donors (Lipinski definition) is 2. The molecule has 2 N–H and O–H groups in total. The molecule has 0 aliphatic rings. The molecule has 6 nitrogen and oxygen atoms in total. The molecule has 0 spiro atoms. The molecule has 0 aliphatic carbocycles. The van der Waals surface area contributed by atoms with E-state index in [-0.39, 0.29) is 12.2 Å². The highest BCUT2D eigenvalue weighted by Gasteiger charge is 2.48. The van der Waals surface area contributed by atoms with Gasteiger partial charge in [0.1, 0.15) is 10.7 Å². The fourth-order valence-electron chi connectivity index (χ4n) is 2.06. The molecule has 0 fully saturated rings. The molecule has 0 heterocycles. The minimum Gasteiger partial charge on any atom is -0.453 e. The van der Waals surface area contributed by atoms with Crippen LogP contribution in [0.2, 0.25) is 0 Å². The van der Waals surface area contributed by atoms with E-state index in [1.807, 2.05) is 0 Å². The van der Waals surface area contributed by atoms with Crippen LogP contribution in [0.1, 0.15) is 5.56 Å². The number of carbonyl (C=O) groups excluding carboxylic acids is 1. The minimum absolute atomic E-state index is 0.0372. The van der Waals surface area contributed by atoms with E-state index < -0.39 is 32.2 Å². The van der Waals surface area contributed by atoms with Gasteiger partial charge in [0.05, 0.1) is 12.8 Å². The molecular formula is C16H14F4N2O4S. The van der Waals surface area contributed by atoms with E-state index in [4.69, 9.17) is 0 Å². The van der Waals surface area contributed by atoms with Crippen LogP contribution in [0.5, 0.6) is 0 Å². The van der Waals surface area contributed by atoms with E-state index in [0.29, 0.717) is 17.3 Å². The molecule has 0 radical (unpaired) electrons. The number of carbonyl (C=O) groups is 1. The summed E-state index contributed by atoms with van der Waals surface area (Å²) < 4.78 is 79.4. The first-order chi connectivity index (χ1) is 12.5. The predicted octanol–water partition coefficient (Wildman–Crippen LogP) is 3.91. The molecule has 0 aromatic heterocycles. The van der Waals surface area contributed by atoms with E-state index in [2.05, 4.69) is 15.4 Å². The third kappa shape index (κ3) is 4.88. The lowest BCUT2D eigenvalue weighted by Gasteiger charge is -2.14. The molecule has 0 saturated carbocycles. The first-order valence-corrected chi connectivity index (χ1v) is 8.81. The Hall–Kier alpha value is -2.82. The lowest BCUT2D eigenvalue weighted by molar-refractivity contribution is -0.0435. The Kier molecular flexibility index (Phi) is 5.94. The Morgan fingerprint density at radius 2 is 1.74 bits per heavy atom. The molecule has 2 aromatic carbocycles. The molecule has 0 bridgehead atoms. The van der Waals surface area contributed by atoms with Gasteiger partial charge in [-0.25, -0.2) is 17.6 Å². The molecule has 27 heavy (non-hydrogen) atoms. The van der Waals surface area contributed by atoms with Gasteiger partial charge in [-0.3, -0.25) is 5.32 Å². The zero-order valence-electron chi connectivity index (χ0n) is 13.8. The molecule has 0 unspecified atom stereocenters. The summed E-state index contributed by atoms with van der Waals surface area (Å²) in [4.78, 5) is 9.90. The maximum atomic E-state index is 13.3. The zero-order valence-corrected chi connectivity index (χ0v) is 14.6. The molecular weight excluding hydrogens is 392 g/mol. The lowest BCUT2D eigenvalue weighted by atomic mass is 10.2. The number of halogens is 4. The molecule has 1 amide bonds. The summed E-state index contributed by atoms with van der Waals surface area (Å²) in [5.41, 5.74) is -4.94. The Labute approximate surface area is 152 Å². The van der Waals surface area contributed by atoms with Crippen molar-refractivity contribution < 1.29 is 35.5 Å². The van der Waals surface area contributed by atoms with Crippen LogP contribution < -0.4 is 10.6 Å². The van der Waals surface area contributed by atoms with Crippen molar-refractivity contribution in [2.24, 2.45) is 0 Å².